The number of allylic oxidation sites excluding steroid dienone is 3. The van der Waals surface area contributed by atoms with Crippen LogP contribution in [0, 0.1) is 23.7 Å². The van der Waals surface area contributed by atoms with E-state index in [0.29, 0.717) is 51.7 Å². The highest BCUT2D eigenvalue weighted by atomic mass is 16.7. The zero-order valence-electron chi connectivity index (χ0n) is 39.5. The molecule has 0 spiro atoms. The molecule has 0 bridgehead atoms. The highest BCUT2D eigenvalue weighted by Gasteiger charge is 2.47. The first kappa shape index (κ1) is 50.4. The third-order valence-corrected chi connectivity index (χ3v) is 13.7. The summed E-state index contributed by atoms with van der Waals surface area (Å²) in [4.78, 5) is 38.6. The first-order valence-corrected chi connectivity index (χ1v) is 23.5. The van der Waals surface area contributed by atoms with Crippen LogP contribution >= 0.6 is 0 Å². The number of benzene rings is 1. The van der Waals surface area contributed by atoms with E-state index in [0.717, 1.165) is 40.9 Å². The molecule has 1 aromatic carbocycles. The van der Waals surface area contributed by atoms with Crippen LogP contribution in [0.5, 0.6) is 0 Å². The molecule has 6 rings (SSSR count). The summed E-state index contributed by atoms with van der Waals surface area (Å²) in [7, 11) is 5.53. The van der Waals surface area contributed by atoms with E-state index in [4.69, 9.17) is 14.2 Å². The van der Waals surface area contributed by atoms with Crippen LogP contribution in [-0.2, 0) is 30.3 Å². The molecule has 0 amide bonds. The number of aliphatic hydroxyl groups is 4. The van der Waals surface area contributed by atoms with Gasteiger partial charge in [-0.2, -0.15) is 0 Å². The summed E-state index contributed by atoms with van der Waals surface area (Å²) in [6.07, 6.45) is 4.69. The number of aliphatic hydroxyl groups excluding tert-OH is 4. The SMILES string of the molecule is CC[C@H]1OC(=O)C[C@@H](O)[C@H](C)[C@@H](O[C@@H]2O[C@H](C)[C@@H](O)[C@H](N(C)C)[C@H]2O)[C@@H](CCN(C)Cc2cn(-c3cnc4ccccc4c3)nn2)C[C@@H](C)C(=O)/C=C/C(C)=C/[C@@H]1CN1CCC(O)CC1. The van der Waals surface area contributed by atoms with Gasteiger partial charge in [0.25, 0.3) is 0 Å². The highest BCUT2D eigenvalue weighted by molar-refractivity contribution is 5.91. The molecule has 16 heteroatoms. The van der Waals surface area contributed by atoms with Gasteiger partial charge in [-0.25, -0.2) is 4.68 Å². The number of nitrogens with zero attached hydrogens (tertiary/aromatic N) is 7. The maximum Gasteiger partial charge on any atom is 0.308 e. The van der Waals surface area contributed by atoms with Gasteiger partial charge < -0.3 is 49.3 Å². The number of aromatic nitrogens is 4. The third kappa shape index (κ3) is 13.4. The van der Waals surface area contributed by atoms with Crippen LogP contribution < -0.4 is 0 Å². The lowest BCUT2D eigenvalue weighted by Gasteiger charge is -2.46. The van der Waals surface area contributed by atoms with Gasteiger partial charge in [-0.1, -0.05) is 61.9 Å². The number of ketones is 1. The van der Waals surface area contributed by atoms with Crippen LogP contribution in [0.25, 0.3) is 16.6 Å². The average molecular weight is 904 g/mol. The summed E-state index contributed by atoms with van der Waals surface area (Å²) in [5.74, 6) is -2.30. The van der Waals surface area contributed by atoms with Crippen molar-refractivity contribution in [1.82, 2.24) is 34.7 Å². The Hall–Kier alpha value is -3.97. The summed E-state index contributed by atoms with van der Waals surface area (Å²) in [5, 5.41) is 54.7. The topological polar surface area (TPSA) is 196 Å². The second kappa shape index (κ2) is 23.2. The molecule has 5 heterocycles. The minimum Gasteiger partial charge on any atom is -0.462 e. The van der Waals surface area contributed by atoms with Crippen molar-refractivity contribution in [2.45, 2.75) is 135 Å². The summed E-state index contributed by atoms with van der Waals surface area (Å²) < 4.78 is 20.9. The number of piperidine rings is 1. The van der Waals surface area contributed by atoms with E-state index in [-0.39, 0.29) is 30.1 Å². The predicted molar refractivity (Wildman–Crippen MR) is 247 cm³/mol. The number of likely N-dealkylation sites (N-methyl/N-ethyl adjacent to an activating group) is 1. The van der Waals surface area contributed by atoms with Crippen LogP contribution in [0.4, 0.5) is 0 Å². The van der Waals surface area contributed by atoms with Crippen molar-refractivity contribution in [1.29, 1.82) is 0 Å². The van der Waals surface area contributed by atoms with Gasteiger partial charge in [0, 0.05) is 49.3 Å². The number of esters is 1. The standard InChI is InChI=1S/C49H73N7O9/c1-9-43-36(27-55-20-17-39(57)18-21-55)22-30(2)14-15-41(58)31(3)23-35(16-19-54(8)28-37-29-56(52-51-37)38-24-34-12-10-11-13-40(34)50-26-38)48(32(4)42(59)25-44(60)64-43)65-49-47(62)45(53(6)7)46(61)33(5)63-49/h10-15,22,24,26,29,31-33,35-36,39,42-43,45-49,57,59,61-62H,9,16-21,23,25,27-28H2,1-8H3/b15-14+,30-22+/t31-,32+,33-,35+,36-,42-,43-,45+,46-,47-,48-,49+/m1/s1. The van der Waals surface area contributed by atoms with E-state index in [2.05, 4.69) is 31.2 Å². The van der Waals surface area contributed by atoms with E-state index >= 15 is 0 Å². The number of cyclic esters (lactones) is 1. The van der Waals surface area contributed by atoms with Crippen molar-refractivity contribution in [3.8, 4) is 5.69 Å². The molecule has 2 saturated heterocycles. The number of carbonyl (C=O) groups excluding carboxylic acids is 2. The van der Waals surface area contributed by atoms with Crippen LogP contribution in [0.1, 0.15) is 78.8 Å². The van der Waals surface area contributed by atoms with Crippen LogP contribution in [0.15, 0.2) is 66.5 Å². The fourth-order valence-electron chi connectivity index (χ4n) is 9.68. The predicted octanol–water partition coefficient (Wildman–Crippen LogP) is 3.93. The second-order valence-electron chi connectivity index (χ2n) is 19.1. The lowest BCUT2D eigenvalue weighted by Crippen LogP contribution is -2.63. The number of hydrogen-bond donors (Lipinski definition) is 4. The molecular weight excluding hydrogens is 831 g/mol. The first-order valence-electron chi connectivity index (χ1n) is 23.5. The maximum absolute atomic E-state index is 14.0. The molecule has 2 fully saturated rings. The lowest BCUT2D eigenvalue weighted by molar-refractivity contribution is -0.304. The van der Waals surface area contributed by atoms with E-state index in [1.165, 1.54) is 0 Å². The maximum atomic E-state index is 14.0. The minimum atomic E-state index is -1.25. The Morgan fingerprint density at radius 1 is 0.985 bits per heavy atom. The number of rotatable bonds is 12. The molecule has 16 nitrogen and oxygen atoms in total. The Kier molecular flexibility index (Phi) is 18.0. The first-order chi connectivity index (χ1) is 31.0. The van der Waals surface area contributed by atoms with Gasteiger partial charge in [0.05, 0.1) is 72.3 Å². The fourth-order valence-corrected chi connectivity index (χ4v) is 9.68. The van der Waals surface area contributed by atoms with Crippen molar-refractivity contribution in [2.75, 3.05) is 47.3 Å². The molecule has 0 unspecified atom stereocenters. The number of hydrogen-bond acceptors (Lipinski definition) is 15. The van der Waals surface area contributed by atoms with E-state index in [1.807, 2.05) is 77.3 Å². The number of pyridine rings is 1. The van der Waals surface area contributed by atoms with Gasteiger partial charge in [0.2, 0.25) is 0 Å². The quantitative estimate of drug-likeness (QED) is 0.191. The van der Waals surface area contributed by atoms with Crippen molar-refractivity contribution in [3.05, 3.63) is 72.2 Å². The molecular formula is C49H73N7O9. The molecule has 0 saturated carbocycles. The Labute approximate surface area is 384 Å². The zero-order chi connectivity index (χ0) is 46.9. The molecule has 3 aliphatic rings. The number of fused-ring (bicyclic) bond motifs is 1. The molecule has 2 aromatic heterocycles. The average Bonchev–Trinajstić information content (AvgIpc) is 3.74. The largest absolute Gasteiger partial charge is 0.462 e. The summed E-state index contributed by atoms with van der Waals surface area (Å²) in [6, 6.07) is 9.20. The molecule has 4 N–H and O–H groups in total. The van der Waals surface area contributed by atoms with E-state index in [1.54, 1.807) is 42.9 Å². The third-order valence-electron chi connectivity index (χ3n) is 13.7. The smallest absolute Gasteiger partial charge is 0.308 e. The van der Waals surface area contributed by atoms with Crippen LogP contribution in [0.3, 0.4) is 0 Å². The van der Waals surface area contributed by atoms with Gasteiger partial charge in [-0.3, -0.25) is 14.6 Å². The van der Waals surface area contributed by atoms with Crippen molar-refractivity contribution < 1.29 is 44.2 Å². The van der Waals surface area contributed by atoms with E-state index in [9.17, 15) is 30.0 Å². The second-order valence-corrected chi connectivity index (χ2v) is 19.1. The molecule has 0 aliphatic carbocycles. The summed E-state index contributed by atoms with van der Waals surface area (Å²) >= 11 is 0. The van der Waals surface area contributed by atoms with Crippen molar-refractivity contribution >= 4 is 22.7 Å². The van der Waals surface area contributed by atoms with Crippen molar-refractivity contribution in [3.63, 3.8) is 0 Å². The van der Waals surface area contributed by atoms with Crippen LogP contribution in [0.2, 0.25) is 0 Å². The Balaban J connectivity index is 1.27. The Morgan fingerprint density at radius 2 is 1.72 bits per heavy atom. The molecule has 3 aromatic rings. The van der Waals surface area contributed by atoms with E-state index < -0.39 is 66.8 Å². The molecule has 12 atom stereocenters. The number of carbonyl (C=O) groups is 2. The highest BCUT2D eigenvalue weighted by Crippen LogP contribution is 2.35. The number of para-hydroxylation sites is 1. The Bertz CT molecular complexity index is 2070. The monoisotopic (exact) mass is 904 g/mol. The molecule has 3 aliphatic heterocycles. The minimum absolute atomic E-state index is 0.0617. The van der Waals surface area contributed by atoms with Gasteiger partial charge in [0.15, 0.2) is 12.1 Å². The number of likely N-dealkylation sites (tertiary alicyclic amines) is 1. The van der Waals surface area contributed by atoms with Gasteiger partial charge >= 0.3 is 5.97 Å². The normalized spacial score (nSPS) is 33.3. The molecule has 358 valence electrons. The summed E-state index contributed by atoms with van der Waals surface area (Å²) in [6.45, 7) is 12.4. The number of ether oxygens (including phenoxy) is 3. The van der Waals surface area contributed by atoms with Crippen molar-refractivity contribution in [2.24, 2.45) is 23.7 Å². The lowest BCUT2D eigenvalue weighted by atomic mass is 9.79. The Morgan fingerprint density at radius 3 is 2.45 bits per heavy atom. The van der Waals surface area contributed by atoms with Crippen LogP contribution in [-0.4, -0.2) is 169 Å². The van der Waals surface area contributed by atoms with Gasteiger partial charge in [-0.05, 0) is 97.8 Å². The van der Waals surface area contributed by atoms with Gasteiger partial charge in [0.1, 0.15) is 12.2 Å². The molecule has 0 radical (unpaired) electrons. The fraction of sp³-hybridized carbons (Fsp3) is 0.653. The van der Waals surface area contributed by atoms with Gasteiger partial charge in [-0.15, -0.1) is 5.10 Å². The summed E-state index contributed by atoms with van der Waals surface area (Å²) in [5.41, 5.74) is 3.29. The molecule has 65 heavy (non-hydrogen) atoms. The zero-order valence-corrected chi connectivity index (χ0v) is 39.5.